The van der Waals surface area contributed by atoms with Crippen LogP contribution in [0.1, 0.15) is 393 Å². The topological polar surface area (TPSA) is 95.9 Å². The van der Waals surface area contributed by atoms with E-state index in [1.165, 1.54) is 315 Å². The summed E-state index contributed by atoms with van der Waals surface area (Å²) in [7, 11) is 0. The predicted octanol–water partition coefficient (Wildman–Crippen LogP) is 22.5. The Balaban J connectivity index is 3.42. The summed E-state index contributed by atoms with van der Waals surface area (Å²) in [6.45, 7) is 4.97. The summed E-state index contributed by atoms with van der Waals surface area (Å²) in [5.41, 5.74) is 0. The first-order valence-corrected chi connectivity index (χ1v) is 35.1. The van der Waals surface area contributed by atoms with Crippen LogP contribution in [0.25, 0.3) is 0 Å². The average molecular weight is 1080 g/mol. The van der Waals surface area contributed by atoms with Crippen LogP contribution in [0.5, 0.6) is 0 Å². The van der Waals surface area contributed by atoms with Crippen molar-refractivity contribution in [1.29, 1.82) is 0 Å². The molecule has 0 rings (SSSR count). The number of ether oxygens (including phenoxy) is 1. The highest BCUT2D eigenvalue weighted by Gasteiger charge is 2.20. The summed E-state index contributed by atoms with van der Waals surface area (Å²) >= 11 is 0. The van der Waals surface area contributed by atoms with Crippen molar-refractivity contribution in [3.8, 4) is 0 Å². The standard InChI is InChI=1S/C71H137NO5/c1-3-5-7-9-11-13-15-17-19-20-21-22-23-24-25-26-29-32-36-39-43-47-51-55-59-63-69(74)68(67-73)72-70(75)64-60-56-52-48-44-40-37-33-30-27-28-31-34-38-42-46-50-54-58-62-66-77-71(76)65-61-57-53-49-45-41-35-18-16-14-12-10-8-6-4-2/h18,27,30,35,68-69,73-74H,3-17,19-26,28-29,31-34,36-67H2,1-2H3,(H,72,75)/b30-27-,35-18-. The van der Waals surface area contributed by atoms with Gasteiger partial charge in [0.25, 0.3) is 0 Å². The number of amides is 1. The third-order valence-corrected chi connectivity index (χ3v) is 16.5. The maximum absolute atomic E-state index is 12.6. The molecule has 6 heteroatoms. The fourth-order valence-corrected chi connectivity index (χ4v) is 11.1. The van der Waals surface area contributed by atoms with Gasteiger partial charge in [-0.1, -0.05) is 327 Å². The molecule has 2 atom stereocenters. The Bertz CT molecular complexity index is 1200. The van der Waals surface area contributed by atoms with Gasteiger partial charge >= 0.3 is 5.97 Å². The number of allylic oxidation sites excluding steroid dienone is 4. The molecule has 0 aromatic carbocycles. The van der Waals surface area contributed by atoms with Crippen molar-refractivity contribution in [2.24, 2.45) is 0 Å². The number of hydrogen-bond donors (Lipinski definition) is 3. The molecule has 0 saturated carbocycles. The van der Waals surface area contributed by atoms with Crippen molar-refractivity contribution >= 4 is 11.9 Å². The van der Waals surface area contributed by atoms with Gasteiger partial charge in [0.05, 0.1) is 25.4 Å². The highest BCUT2D eigenvalue weighted by molar-refractivity contribution is 5.76. The van der Waals surface area contributed by atoms with E-state index in [1.807, 2.05) is 0 Å². The fourth-order valence-electron chi connectivity index (χ4n) is 11.1. The van der Waals surface area contributed by atoms with E-state index in [0.717, 1.165) is 44.9 Å². The molecule has 2 unspecified atom stereocenters. The van der Waals surface area contributed by atoms with Crippen molar-refractivity contribution < 1.29 is 24.5 Å². The highest BCUT2D eigenvalue weighted by atomic mass is 16.5. The first kappa shape index (κ1) is 75.3. The van der Waals surface area contributed by atoms with E-state index >= 15 is 0 Å². The molecule has 456 valence electrons. The molecule has 0 aliphatic rings. The van der Waals surface area contributed by atoms with E-state index in [2.05, 4.69) is 43.5 Å². The molecule has 6 nitrogen and oxygen atoms in total. The summed E-state index contributed by atoms with van der Waals surface area (Å²) in [5.74, 6) is -0.0398. The van der Waals surface area contributed by atoms with Crippen LogP contribution < -0.4 is 5.32 Å². The van der Waals surface area contributed by atoms with Crippen LogP contribution >= 0.6 is 0 Å². The van der Waals surface area contributed by atoms with Crippen LogP contribution in [0.2, 0.25) is 0 Å². The van der Waals surface area contributed by atoms with Crippen LogP contribution in [0.4, 0.5) is 0 Å². The van der Waals surface area contributed by atoms with E-state index in [0.29, 0.717) is 25.9 Å². The van der Waals surface area contributed by atoms with Crippen molar-refractivity contribution in [2.75, 3.05) is 13.2 Å². The predicted molar refractivity (Wildman–Crippen MR) is 338 cm³/mol. The summed E-state index contributed by atoms with van der Waals surface area (Å²) in [6, 6.07) is -0.550. The molecule has 0 saturated heterocycles. The Hall–Kier alpha value is -1.66. The maximum atomic E-state index is 12.6. The summed E-state index contributed by atoms with van der Waals surface area (Å²) in [4.78, 5) is 24.6. The van der Waals surface area contributed by atoms with Gasteiger partial charge < -0.3 is 20.3 Å². The molecule has 0 spiro atoms. The van der Waals surface area contributed by atoms with Gasteiger partial charge in [-0.2, -0.15) is 0 Å². The smallest absolute Gasteiger partial charge is 0.305 e. The van der Waals surface area contributed by atoms with Crippen LogP contribution in [0.15, 0.2) is 24.3 Å². The van der Waals surface area contributed by atoms with Gasteiger partial charge in [0.2, 0.25) is 5.91 Å². The number of nitrogens with one attached hydrogen (secondary N) is 1. The van der Waals surface area contributed by atoms with Crippen LogP contribution in [0, 0.1) is 0 Å². The van der Waals surface area contributed by atoms with Gasteiger partial charge in [-0.05, 0) is 77.0 Å². The Morgan fingerprint density at radius 2 is 0.610 bits per heavy atom. The van der Waals surface area contributed by atoms with Crippen molar-refractivity contribution in [1.82, 2.24) is 5.32 Å². The number of hydrogen-bond acceptors (Lipinski definition) is 5. The second-order valence-electron chi connectivity index (χ2n) is 24.2. The van der Waals surface area contributed by atoms with Crippen molar-refractivity contribution in [3.63, 3.8) is 0 Å². The number of aliphatic hydroxyl groups excluding tert-OH is 2. The zero-order chi connectivity index (χ0) is 55.7. The Labute approximate surface area is 481 Å². The average Bonchev–Trinajstić information content (AvgIpc) is 3.43. The highest BCUT2D eigenvalue weighted by Crippen LogP contribution is 2.19. The number of carbonyl (C=O) groups is 2. The molecule has 0 aliphatic carbocycles. The second kappa shape index (κ2) is 66.8. The third kappa shape index (κ3) is 63.4. The van der Waals surface area contributed by atoms with Gasteiger partial charge in [0.1, 0.15) is 0 Å². The van der Waals surface area contributed by atoms with E-state index in [1.54, 1.807) is 0 Å². The van der Waals surface area contributed by atoms with E-state index in [4.69, 9.17) is 4.74 Å². The van der Waals surface area contributed by atoms with Crippen LogP contribution in [0.3, 0.4) is 0 Å². The quantitative estimate of drug-likeness (QED) is 0.0320. The number of unbranched alkanes of at least 4 members (excludes halogenated alkanes) is 51. The van der Waals surface area contributed by atoms with Gasteiger partial charge in [-0.15, -0.1) is 0 Å². The first-order chi connectivity index (χ1) is 38.0. The molecule has 0 aromatic rings. The van der Waals surface area contributed by atoms with Gasteiger partial charge in [0.15, 0.2) is 0 Å². The summed E-state index contributed by atoms with van der Waals surface area (Å²) < 4.78 is 5.48. The minimum Gasteiger partial charge on any atom is -0.466 e. The lowest BCUT2D eigenvalue weighted by Gasteiger charge is -2.22. The molecule has 0 aromatic heterocycles. The number of esters is 1. The van der Waals surface area contributed by atoms with Crippen molar-refractivity contribution in [2.45, 2.75) is 405 Å². The molecule has 3 N–H and O–H groups in total. The molecular formula is C71H137NO5. The second-order valence-corrected chi connectivity index (χ2v) is 24.2. The fraction of sp³-hybridized carbons (Fsp3) is 0.915. The van der Waals surface area contributed by atoms with E-state index < -0.39 is 12.1 Å². The molecule has 1 amide bonds. The minimum absolute atomic E-state index is 0.000640. The van der Waals surface area contributed by atoms with Crippen molar-refractivity contribution in [3.05, 3.63) is 24.3 Å². The zero-order valence-corrected chi connectivity index (χ0v) is 52.2. The lowest BCUT2D eigenvalue weighted by molar-refractivity contribution is -0.143. The maximum Gasteiger partial charge on any atom is 0.305 e. The lowest BCUT2D eigenvalue weighted by Crippen LogP contribution is -2.45. The summed E-state index contributed by atoms with van der Waals surface area (Å²) in [6.07, 6.45) is 83.6. The van der Waals surface area contributed by atoms with E-state index in [-0.39, 0.29) is 18.5 Å². The zero-order valence-electron chi connectivity index (χ0n) is 52.2. The van der Waals surface area contributed by atoms with E-state index in [9.17, 15) is 19.8 Å². The first-order valence-electron chi connectivity index (χ1n) is 35.1. The Morgan fingerprint density at radius 1 is 0.351 bits per heavy atom. The lowest BCUT2D eigenvalue weighted by atomic mass is 10.0. The molecule has 0 aliphatic heterocycles. The van der Waals surface area contributed by atoms with Crippen LogP contribution in [-0.4, -0.2) is 47.4 Å². The third-order valence-electron chi connectivity index (χ3n) is 16.5. The summed E-state index contributed by atoms with van der Waals surface area (Å²) in [5, 5.41) is 23.4. The van der Waals surface area contributed by atoms with Crippen LogP contribution in [-0.2, 0) is 14.3 Å². The number of aliphatic hydroxyl groups is 2. The number of rotatable bonds is 66. The van der Waals surface area contributed by atoms with Gasteiger partial charge in [0, 0.05) is 12.8 Å². The molecule has 0 fully saturated rings. The Morgan fingerprint density at radius 3 is 0.922 bits per heavy atom. The molecule has 0 radical (unpaired) electrons. The molecule has 0 heterocycles. The largest absolute Gasteiger partial charge is 0.466 e. The molecule has 77 heavy (non-hydrogen) atoms. The minimum atomic E-state index is -0.672. The van der Waals surface area contributed by atoms with Gasteiger partial charge in [-0.3, -0.25) is 9.59 Å². The molecule has 0 bridgehead atoms. The normalized spacial score (nSPS) is 12.6. The SMILES string of the molecule is CCCCCCCC/C=C\CCCCCCCC(=O)OCCCCCCCCCCC/C=C\CCCCCCCCCC(=O)NC(CO)C(O)CCCCCCCCCCCCCCCCCCCCCCCCCCC. The molecular weight excluding hydrogens is 947 g/mol. The Kier molecular flexibility index (Phi) is 65.4. The van der Waals surface area contributed by atoms with Gasteiger partial charge in [-0.25, -0.2) is 0 Å². The monoisotopic (exact) mass is 1080 g/mol. The number of carbonyl (C=O) groups excluding carboxylic acids is 2.